The summed E-state index contributed by atoms with van der Waals surface area (Å²) < 4.78 is 7.14. The normalized spacial score (nSPS) is 10.8. The Bertz CT molecular complexity index is 1010. The Morgan fingerprint density at radius 3 is 2.88 bits per heavy atom. The molecule has 0 amide bonds. The molecule has 4 aromatic rings. The molecule has 0 aliphatic rings. The Kier molecular flexibility index (Phi) is 4.63. The molecule has 0 radical (unpaired) electrons. The van der Waals surface area contributed by atoms with Crippen LogP contribution < -0.4 is 10.1 Å². The average molecular weight is 384 g/mol. The molecule has 132 valence electrons. The number of aryl methyl sites for hydroxylation is 1. The van der Waals surface area contributed by atoms with Gasteiger partial charge in [-0.05, 0) is 17.5 Å². The lowest BCUT2D eigenvalue weighted by molar-refractivity contribution is 0.412. The molecule has 0 atom stereocenters. The Balaban J connectivity index is 1.53. The third-order valence-corrected chi connectivity index (χ3v) is 5.68. The minimum Gasteiger partial charge on any atom is -0.493 e. The molecule has 7 nitrogen and oxygen atoms in total. The molecule has 4 aromatic heterocycles. The van der Waals surface area contributed by atoms with Crippen molar-refractivity contribution in [2.75, 3.05) is 12.4 Å². The second-order valence-corrected chi connectivity index (χ2v) is 7.23. The van der Waals surface area contributed by atoms with E-state index in [1.165, 1.54) is 4.88 Å². The summed E-state index contributed by atoms with van der Waals surface area (Å²) in [6, 6.07) is 6.00. The summed E-state index contributed by atoms with van der Waals surface area (Å²) in [6.07, 6.45) is 3.39. The van der Waals surface area contributed by atoms with Crippen LogP contribution in [0.5, 0.6) is 5.75 Å². The molecule has 0 aromatic carbocycles. The van der Waals surface area contributed by atoms with E-state index < -0.39 is 0 Å². The standard InChI is InChI=1S/C17H16N6OS2/c1-23-12(5-6-20-23)15-13(24-2)9-19-17(22-15)18-8-11-10-26-16(21-11)14-4-3-7-25-14/h3-7,9-10H,8H2,1-2H3,(H,18,19,22). The van der Waals surface area contributed by atoms with Crippen LogP contribution in [-0.4, -0.2) is 31.8 Å². The summed E-state index contributed by atoms with van der Waals surface area (Å²) in [7, 11) is 3.47. The first-order valence-electron chi connectivity index (χ1n) is 7.86. The predicted octanol–water partition coefficient (Wildman–Crippen LogP) is 3.68. The van der Waals surface area contributed by atoms with Gasteiger partial charge in [0.2, 0.25) is 5.95 Å². The lowest BCUT2D eigenvalue weighted by Crippen LogP contribution is -2.06. The van der Waals surface area contributed by atoms with Gasteiger partial charge in [0.05, 0.1) is 36.1 Å². The number of anilines is 1. The monoisotopic (exact) mass is 384 g/mol. The predicted molar refractivity (Wildman–Crippen MR) is 104 cm³/mol. The number of ether oxygens (including phenoxy) is 1. The zero-order valence-electron chi connectivity index (χ0n) is 14.2. The van der Waals surface area contributed by atoms with Gasteiger partial charge in [0.15, 0.2) is 5.75 Å². The van der Waals surface area contributed by atoms with E-state index in [1.54, 1.807) is 46.9 Å². The van der Waals surface area contributed by atoms with Crippen LogP contribution >= 0.6 is 22.7 Å². The molecule has 1 N–H and O–H groups in total. The quantitative estimate of drug-likeness (QED) is 0.546. The number of nitrogens with zero attached hydrogens (tertiary/aromatic N) is 5. The van der Waals surface area contributed by atoms with Crippen LogP contribution in [0.2, 0.25) is 0 Å². The highest BCUT2D eigenvalue weighted by Crippen LogP contribution is 2.29. The third-order valence-electron chi connectivity index (χ3n) is 3.75. The maximum atomic E-state index is 5.38. The van der Waals surface area contributed by atoms with Crippen LogP contribution in [0.15, 0.2) is 41.4 Å². The number of hydrogen-bond donors (Lipinski definition) is 1. The van der Waals surface area contributed by atoms with Gasteiger partial charge >= 0.3 is 0 Å². The fourth-order valence-corrected chi connectivity index (χ4v) is 4.10. The van der Waals surface area contributed by atoms with E-state index in [0.717, 1.165) is 16.4 Å². The zero-order valence-corrected chi connectivity index (χ0v) is 15.8. The van der Waals surface area contributed by atoms with Crippen molar-refractivity contribution in [1.29, 1.82) is 0 Å². The first kappa shape index (κ1) is 16.7. The van der Waals surface area contributed by atoms with E-state index in [1.807, 2.05) is 24.6 Å². The zero-order chi connectivity index (χ0) is 17.9. The average Bonchev–Trinajstić information content (AvgIpc) is 3.41. The van der Waals surface area contributed by atoms with Crippen molar-refractivity contribution in [1.82, 2.24) is 24.7 Å². The van der Waals surface area contributed by atoms with Crippen molar-refractivity contribution in [3.63, 3.8) is 0 Å². The van der Waals surface area contributed by atoms with E-state index >= 15 is 0 Å². The number of hydrogen-bond acceptors (Lipinski definition) is 8. The number of thiazole rings is 1. The van der Waals surface area contributed by atoms with Crippen molar-refractivity contribution in [2.45, 2.75) is 6.54 Å². The topological polar surface area (TPSA) is 77.8 Å². The Morgan fingerprint density at radius 2 is 2.15 bits per heavy atom. The van der Waals surface area contributed by atoms with Crippen molar-refractivity contribution < 1.29 is 4.74 Å². The van der Waals surface area contributed by atoms with Crippen LogP contribution in [0.3, 0.4) is 0 Å². The summed E-state index contributed by atoms with van der Waals surface area (Å²) in [5.41, 5.74) is 2.52. The van der Waals surface area contributed by atoms with Crippen LogP contribution in [0.25, 0.3) is 21.3 Å². The highest BCUT2D eigenvalue weighted by Gasteiger charge is 2.14. The molecule has 9 heteroatoms. The van der Waals surface area contributed by atoms with Gasteiger partial charge in [-0.3, -0.25) is 4.68 Å². The maximum absolute atomic E-state index is 5.38. The molecular weight excluding hydrogens is 368 g/mol. The van der Waals surface area contributed by atoms with Gasteiger partial charge in [0, 0.05) is 18.6 Å². The van der Waals surface area contributed by atoms with E-state index in [-0.39, 0.29) is 0 Å². The lowest BCUT2D eigenvalue weighted by Gasteiger charge is -2.10. The summed E-state index contributed by atoms with van der Waals surface area (Å²) in [4.78, 5) is 14.8. The van der Waals surface area contributed by atoms with E-state index in [4.69, 9.17) is 4.74 Å². The number of methoxy groups -OCH3 is 1. The third kappa shape index (κ3) is 3.31. The maximum Gasteiger partial charge on any atom is 0.223 e. The molecule has 0 bridgehead atoms. The van der Waals surface area contributed by atoms with Crippen molar-refractivity contribution in [3.05, 3.63) is 47.0 Å². The minimum absolute atomic E-state index is 0.521. The van der Waals surface area contributed by atoms with Gasteiger partial charge in [-0.15, -0.1) is 22.7 Å². The number of aromatic nitrogens is 5. The molecule has 0 saturated carbocycles. The van der Waals surface area contributed by atoms with Crippen molar-refractivity contribution in [3.8, 4) is 27.0 Å². The molecule has 0 aliphatic carbocycles. The molecule has 0 aliphatic heterocycles. The largest absolute Gasteiger partial charge is 0.493 e. The van der Waals surface area contributed by atoms with Crippen molar-refractivity contribution in [2.24, 2.45) is 7.05 Å². The van der Waals surface area contributed by atoms with Crippen LogP contribution in [0, 0.1) is 0 Å². The van der Waals surface area contributed by atoms with Crippen LogP contribution in [0.1, 0.15) is 5.69 Å². The Morgan fingerprint density at radius 1 is 1.23 bits per heavy atom. The highest BCUT2D eigenvalue weighted by molar-refractivity contribution is 7.20. The summed E-state index contributed by atoms with van der Waals surface area (Å²) in [5, 5.41) is 12.6. The smallest absolute Gasteiger partial charge is 0.223 e. The summed E-state index contributed by atoms with van der Waals surface area (Å²) in [6.45, 7) is 0.555. The molecule has 4 rings (SSSR count). The van der Waals surface area contributed by atoms with E-state index in [0.29, 0.717) is 23.9 Å². The Labute approximate surface area is 158 Å². The summed E-state index contributed by atoms with van der Waals surface area (Å²) >= 11 is 3.33. The van der Waals surface area contributed by atoms with E-state index in [2.05, 4.69) is 36.8 Å². The molecular formula is C17H16N6OS2. The SMILES string of the molecule is COc1cnc(NCc2csc(-c3cccs3)n2)nc1-c1ccnn1C. The van der Waals surface area contributed by atoms with Gasteiger partial charge in [-0.1, -0.05) is 6.07 Å². The second kappa shape index (κ2) is 7.22. The molecule has 26 heavy (non-hydrogen) atoms. The molecule has 4 heterocycles. The van der Waals surface area contributed by atoms with Gasteiger partial charge in [0.1, 0.15) is 10.7 Å². The fourth-order valence-electron chi connectivity index (χ4n) is 2.47. The van der Waals surface area contributed by atoms with E-state index in [9.17, 15) is 0 Å². The van der Waals surface area contributed by atoms with Crippen LogP contribution in [0.4, 0.5) is 5.95 Å². The highest BCUT2D eigenvalue weighted by atomic mass is 32.1. The fraction of sp³-hybridized carbons (Fsp3) is 0.176. The molecule has 0 saturated heterocycles. The molecule has 0 spiro atoms. The minimum atomic E-state index is 0.521. The molecule has 0 unspecified atom stereocenters. The van der Waals surface area contributed by atoms with Gasteiger partial charge in [-0.25, -0.2) is 15.0 Å². The lowest BCUT2D eigenvalue weighted by atomic mass is 10.3. The van der Waals surface area contributed by atoms with Gasteiger partial charge in [0.25, 0.3) is 0 Å². The first-order chi connectivity index (χ1) is 12.7. The number of rotatable bonds is 6. The number of thiophene rings is 1. The van der Waals surface area contributed by atoms with Crippen LogP contribution in [-0.2, 0) is 13.6 Å². The van der Waals surface area contributed by atoms with Gasteiger partial charge < -0.3 is 10.1 Å². The summed E-state index contributed by atoms with van der Waals surface area (Å²) in [5.74, 6) is 1.13. The first-order valence-corrected chi connectivity index (χ1v) is 9.62. The number of nitrogens with one attached hydrogen (secondary N) is 1. The Hall–Kier alpha value is -2.78. The second-order valence-electron chi connectivity index (χ2n) is 5.43. The van der Waals surface area contributed by atoms with Crippen molar-refractivity contribution >= 4 is 28.6 Å². The molecule has 0 fully saturated rings. The van der Waals surface area contributed by atoms with Gasteiger partial charge in [-0.2, -0.15) is 5.10 Å².